The minimum Gasteiger partial charge on any atom is -0.335 e. The summed E-state index contributed by atoms with van der Waals surface area (Å²) in [6.45, 7) is 3.03. The first kappa shape index (κ1) is 13.1. The smallest absolute Gasteiger partial charge is 0.171 e. The fraction of sp³-hybridized carbons (Fsp3) is 0.250. The predicted octanol–water partition coefficient (Wildman–Crippen LogP) is 3.93. The number of aromatic nitrogens is 2. The van der Waals surface area contributed by atoms with Gasteiger partial charge in [-0.25, -0.2) is 4.98 Å². The van der Waals surface area contributed by atoms with Crippen LogP contribution in [0.15, 0.2) is 42.0 Å². The molecule has 0 fully saturated rings. The van der Waals surface area contributed by atoms with Crippen LogP contribution in [-0.4, -0.2) is 15.3 Å². The van der Waals surface area contributed by atoms with Gasteiger partial charge in [-0.2, -0.15) is 0 Å². The van der Waals surface area contributed by atoms with Gasteiger partial charge in [0, 0.05) is 40.0 Å². The average Bonchev–Trinajstić information content (AvgIpc) is 3.06. The first-order valence-corrected chi connectivity index (χ1v) is 7.67. The molecule has 3 aromatic rings. The number of hydrogen-bond donors (Lipinski definition) is 0. The van der Waals surface area contributed by atoms with Crippen LogP contribution in [0.1, 0.15) is 29.5 Å². The van der Waals surface area contributed by atoms with E-state index >= 15 is 0 Å². The molecule has 0 aliphatic rings. The molecule has 0 N–H and O–H groups in total. The maximum absolute atomic E-state index is 12.5. The van der Waals surface area contributed by atoms with E-state index in [1.54, 1.807) is 17.5 Å². The first-order valence-electron chi connectivity index (χ1n) is 6.79. The van der Waals surface area contributed by atoms with Crippen LogP contribution in [0, 0.1) is 0 Å². The van der Waals surface area contributed by atoms with Crippen molar-refractivity contribution in [3.63, 3.8) is 0 Å². The highest BCUT2D eigenvalue weighted by Crippen LogP contribution is 2.26. The van der Waals surface area contributed by atoms with Crippen molar-refractivity contribution in [3.05, 3.63) is 53.4 Å². The third-order valence-corrected chi connectivity index (χ3v) is 4.33. The van der Waals surface area contributed by atoms with Crippen molar-refractivity contribution in [1.29, 1.82) is 0 Å². The van der Waals surface area contributed by atoms with E-state index in [-0.39, 0.29) is 5.78 Å². The van der Waals surface area contributed by atoms with Gasteiger partial charge in [0.15, 0.2) is 5.78 Å². The van der Waals surface area contributed by atoms with Crippen molar-refractivity contribution in [2.45, 2.75) is 26.3 Å². The lowest BCUT2D eigenvalue weighted by atomic mass is 10.1. The van der Waals surface area contributed by atoms with E-state index in [0.29, 0.717) is 6.42 Å². The molecule has 0 aliphatic heterocycles. The van der Waals surface area contributed by atoms with Crippen LogP contribution in [0.4, 0.5) is 0 Å². The summed E-state index contributed by atoms with van der Waals surface area (Å²) in [6, 6.07) is 8.04. The van der Waals surface area contributed by atoms with Crippen molar-refractivity contribution in [2.75, 3.05) is 0 Å². The van der Waals surface area contributed by atoms with Gasteiger partial charge in [0.05, 0.1) is 6.42 Å². The van der Waals surface area contributed by atoms with E-state index < -0.39 is 0 Å². The second-order valence-electron chi connectivity index (χ2n) is 4.78. The van der Waals surface area contributed by atoms with Gasteiger partial charge in [0.25, 0.3) is 0 Å². The van der Waals surface area contributed by atoms with E-state index in [1.807, 2.05) is 29.8 Å². The molecule has 3 nitrogen and oxygen atoms in total. The number of fused-ring (bicyclic) bond motifs is 1. The number of Topliss-reactive ketones (excluding diaryl/α,β-unsaturated/α-hetero) is 1. The number of carbonyl (C=O) groups excluding carboxylic acids is 1. The van der Waals surface area contributed by atoms with Crippen LogP contribution in [0.25, 0.3) is 10.1 Å². The Balaban J connectivity index is 1.87. The normalized spacial score (nSPS) is 11.1. The summed E-state index contributed by atoms with van der Waals surface area (Å²) in [5.41, 5.74) is 0.816. The number of carbonyl (C=O) groups is 1. The topological polar surface area (TPSA) is 34.9 Å². The summed E-state index contributed by atoms with van der Waals surface area (Å²) in [6.07, 6.45) is 5.12. The Kier molecular flexibility index (Phi) is 3.65. The lowest BCUT2D eigenvalue weighted by Crippen LogP contribution is -2.09. The molecule has 0 radical (unpaired) electrons. The third-order valence-electron chi connectivity index (χ3n) is 3.37. The van der Waals surface area contributed by atoms with Crippen molar-refractivity contribution in [3.8, 4) is 0 Å². The fourth-order valence-electron chi connectivity index (χ4n) is 2.38. The number of aryl methyl sites for hydroxylation is 1. The zero-order chi connectivity index (χ0) is 13.9. The standard InChI is InChI=1S/C16H16N2OS/c1-2-8-18-9-7-17-16(18)10-14(19)13-11-20-15-6-4-3-5-12(13)15/h3-7,9,11H,2,8,10H2,1H3. The van der Waals surface area contributed by atoms with E-state index in [4.69, 9.17) is 0 Å². The van der Waals surface area contributed by atoms with Gasteiger partial charge in [-0.15, -0.1) is 11.3 Å². The molecule has 0 aliphatic carbocycles. The third kappa shape index (κ3) is 2.39. The van der Waals surface area contributed by atoms with Crippen molar-refractivity contribution in [2.24, 2.45) is 0 Å². The van der Waals surface area contributed by atoms with Crippen LogP contribution in [0.2, 0.25) is 0 Å². The second kappa shape index (κ2) is 5.59. The van der Waals surface area contributed by atoms with Crippen molar-refractivity contribution in [1.82, 2.24) is 9.55 Å². The highest BCUT2D eigenvalue weighted by molar-refractivity contribution is 7.17. The monoisotopic (exact) mass is 284 g/mol. The highest BCUT2D eigenvalue weighted by atomic mass is 32.1. The molecule has 0 saturated heterocycles. The van der Waals surface area contributed by atoms with Gasteiger partial charge in [0.2, 0.25) is 0 Å². The lowest BCUT2D eigenvalue weighted by Gasteiger charge is -2.05. The minimum atomic E-state index is 0.144. The molecule has 2 heterocycles. The van der Waals surface area contributed by atoms with E-state index in [0.717, 1.165) is 34.4 Å². The molecular weight excluding hydrogens is 268 g/mol. The highest BCUT2D eigenvalue weighted by Gasteiger charge is 2.15. The Hall–Kier alpha value is -1.94. The fourth-order valence-corrected chi connectivity index (χ4v) is 3.35. The van der Waals surface area contributed by atoms with Gasteiger partial charge in [-0.3, -0.25) is 4.79 Å². The van der Waals surface area contributed by atoms with Gasteiger partial charge in [-0.05, 0) is 12.5 Å². The number of nitrogens with zero attached hydrogens (tertiary/aromatic N) is 2. The Morgan fingerprint density at radius 1 is 1.35 bits per heavy atom. The first-order chi connectivity index (χ1) is 9.79. The van der Waals surface area contributed by atoms with Crippen LogP contribution in [-0.2, 0) is 13.0 Å². The number of benzene rings is 1. The summed E-state index contributed by atoms with van der Waals surface area (Å²) < 4.78 is 3.22. The number of ketones is 1. The summed E-state index contributed by atoms with van der Waals surface area (Å²) >= 11 is 1.62. The quantitative estimate of drug-likeness (QED) is 0.665. The molecule has 0 bridgehead atoms. The maximum Gasteiger partial charge on any atom is 0.171 e. The Bertz CT molecular complexity index is 742. The van der Waals surface area contributed by atoms with E-state index in [1.165, 1.54) is 0 Å². The molecule has 0 atom stereocenters. The molecule has 102 valence electrons. The Morgan fingerprint density at radius 2 is 2.20 bits per heavy atom. The molecule has 1 aromatic carbocycles. The predicted molar refractivity (Wildman–Crippen MR) is 82.4 cm³/mol. The minimum absolute atomic E-state index is 0.144. The van der Waals surface area contributed by atoms with Gasteiger partial charge >= 0.3 is 0 Å². The Morgan fingerprint density at radius 3 is 3.05 bits per heavy atom. The average molecular weight is 284 g/mol. The van der Waals surface area contributed by atoms with Gasteiger partial charge in [0.1, 0.15) is 5.82 Å². The van der Waals surface area contributed by atoms with Gasteiger partial charge < -0.3 is 4.57 Å². The van der Waals surface area contributed by atoms with Crippen LogP contribution < -0.4 is 0 Å². The summed E-state index contributed by atoms with van der Waals surface area (Å²) in [5, 5.41) is 3.01. The molecule has 0 unspecified atom stereocenters. The van der Waals surface area contributed by atoms with Crippen LogP contribution >= 0.6 is 11.3 Å². The SMILES string of the molecule is CCCn1ccnc1CC(=O)c1csc2ccccc12. The molecule has 20 heavy (non-hydrogen) atoms. The maximum atomic E-state index is 12.5. The number of rotatable bonds is 5. The van der Waals surface area contributed by atoms with Gasteiger partial charge in [-0.1, -0.05) is 25.1 Å². The Labute approximate surface area is 121 Å². The molecule has 3 rings (SSSR count). The summed E-state index contributed by atoms with van der Waals surface area (Å²) in [5.74, 6) is 0.998. The molecule has 2 aromatic heterocycles. The second-order valence-corrected chi connectivity index (χ2v) is 5.69. The van der Waals surface area contributed by atoms with Crippen LogP contribution in [0.5, 0.6) is 0 Å². The number of thiophene rings is 1. The lowest BCUT2D eigenvalue weighted by molar-refractivity contribution is 0.0991. The van der Waals surface area contributed by atoms with E-state index in [2.05, 4.69) is 22.5 Å². The molecular formula is C16H16N2OS. The number of imidazole rings is 1. The van der Waals surface area contributed by atoms with Crippen molar-refractivity contribution < 1.29 is 4.79 Å². The van der Waals surface area contributed by atoms with E-state index in [9.17, 15) is 4.79 Å². The molecule has 4 heteroatoms. The number of hydrogen-bond acceptors (Lipinski definition) is 3. The largest absolute Gasteiger partial charge is 0.335 e. The van der Waals surface area contributed by atoms with Crippen LogP contribution in [0.3, 0.4) is 0 Å². The zero-order valence-electron chi connectivity index (χ0n) is 11.4. The summed E-state index contributed by atoms with van der Waals surface area (Å²) in [7, 11) is 0. The molecule has 0 saturated carbocycles. The zero-order valence-corrected chi connectivity index (χ0v) is 12.2. The molecule has 0 amide bonds. The van der Waals surface area contributed by atoms with Crippen molar-refractivity contribution >= 4 is 27.2 Å². The summed E-state index contributed by atoms with van der Waals surface area (Å²) in [4.78, 5) is 16.8. The molecule has 0 spiro atoms.